The smallest absolute Gasteiger partial charge is 0.259 e. The molecule has 10 nitrogen and oxygen atoms in total. The van der Waals surface area contributed by atoms with Crippen molar-refractivity contribution in [1.29, 1.82) is 5.26 Å². The molecule has 2 aliphatic rings. The summed E-state index contributed by atoms with van der Waals surface area (Å²) in [5, 5.41) is 17.9. The molecule has 41 heavy (non-hydrogen) atoms. The molecule has 5 rings (SSSR count). The van der Waals surface area contributed by atoms with Crippen LogP contribution in [0, 0.1) is 16.7 Å². The molecular formula is C31H34N6O4. The molecule has 1 unspecified atom stereocenters. The second kappa shape index (κ2) is 11.2. The Kier molecular flexibility index (Phi) is 7.63. The van der Waals surface area contributed by atoms with Gasteiger partial charge in [0.25, 0.3) is 5.91 Å². The van der Waals surface area contributed by atoms with Crippen molar-refractivity contribution >= 4 is 40.6 Å². The van der Waals surface area contributed by atoms with Crippen molar-refractivity contribution in [2.75, 3.05) is 18.0 Å². The van der Waals surface area contributed by atoms with Crippen molar-refractivity contribution in [3.8, 4) is 6.07 Å². The normalized spacial score (nSPS) is 16.1. The minimum Gasteiger partial charge on any atom is -0.341 e. The quantitative estimate of drug-likeness (QED) is 0.401. The average molecular weight is 555 g/mol. The van der Waals surface area contributed by atoms with Gasteiger partial charge in [-0.25, -0.2) is 0 Å². The van der Waals surface area contributed by atoms with Crippen molar-refractivity contribution in [2.24, 2.45) is 5.41 Å². The summed E-state index contributed by atoms with van der Waals surface area (Å²) in [6, 6.07) is 11.0. The first-order valence-electron chi connectivity index (χ1n) is 14.1. The van der Waals surface area contributed by atoms with Crippen LogP contribution in [0.3, 0.4) is 0 Å². The number of hydrogen-bond acceptors (Lipinski definition) is 6. The van der Waals surface area contributed by atoms with Crippen LogP contribution in [0.15, 0.2) is 42.7 Å². The average Bonchev–Trinajstić information content (AvgIpc) is 3.56. The number of likely N-dealkylation sites (tertiary alicyclic amines) is 1. The van der Waals surface area contributed by atoms with Crippen molar-refractivity contribution in [3.05, 3.63) is 59.4 Å². The summed E-state index contributed by atoms with van der Waals surface area (Å²) in [5.74, 6) is -0.858. The Morgan fingerprint density at radius 2 is 1.98 bits per heavy atom. The fourth-order valence-corrected chi connectivity index (χ4v) is 6.00. The Labute approximate surface area is 238 Å². The Morgan fingerprint density at radius 3 is 2.66 bits per heavy atom. The van der Waals surface area contributed by atoms with Crippen LogP contribution >= 0.6 is 0 Å². The number of benzene rings is 2. The van der Waals surface area contributed by atoms with Crippen molar-refractivity contribution in [2.45, 2.75) is 65.0 Å². The Balaban J connectivity index is 1.36. The lowest BCUT2D eigenvalue weighted by Crippen LogP contribution is -2.48. The molecule has 0 radical (unpaired) electrons. The van der Waals surface area contributed by atoms with Gasteiger partial charge in [0.05, 0.1) is 24.0 Å². The van der Waals surface area contributed by atoms with Gasteiger partial charge in [-0.1, -0.05) is 31.5 Å². The number of hydrogen-bond donors (Lipinski definition) is 1. The number of piperidine rings is 1. The van der Waals surface area contributed by atoms with E-state index in [2.05, 4.69) is 16.5 Å². The summed E-state index contributed by atoms with van der Waals surface area (Å²) in [7, 11) is 0. The molecule has 1 aromatic heterocycles. The molecule has 4 amide bonds. The highest BCUT2D eigenvalue weighted by Gasteiger charge is 2.38. The standard InChI is InChI=1S/C31H34N6O4/c1-4-6-26(28(39)33-19-38)37-25-10-9-21(23-7-5-8-24(27(23)25)29(37)40)15-20-16-34-36(17-20)22-11-13-35(14-12-22)30(41)31(2,3)18-32/h5,7-10,16-17,19,22,26H,4,6,11-15H2,1-3H3,(H,33,38,39). The highest BCUT2D eigenvalue weighted by molar-refractivity contribution is 6.27. The molecule has 212 valence electrons. The Morgan fingerprint density at radius 1 is 1.22 bits per heavy atom. The zero-order valence-electron chi connectivity index (χ0n) is 23.6. The molecule has 2 aromatic carbocycles. The van der Waals surface area contributed by atoms with E-state index in [4.69, 9.17) is 0 Å². The van der Waals surface area contributed by atoms with Crippen molar-refractivity contribution in [1.82, 2.24) is 20.0 Å². The number of anilines is 1. The largest absolute Gasteiger partial charge is 0.341 e. The zero-order chi connectivity index (χ0) is 29.3. The maximum Gasteiger partial charge on any atom is 0.259 e. The van der Waals surface area contributed by atoms with E-state index >= 15 is 0 Å². The maximum absolute atomic E-state index is 13.5. The molecule has 3 aromatic rings. The highest BCUT2D eigenvalue weighted by Crippen LogP contribution is 2.41. The van der Waals surface area contributed by atoms with E-state index in [1.165, 1.54) is 4.90 Å². The van der Waals surface area contributed by atoms with E-state index in [0.29, 0.717) is 50.0 Å². The number of imide groups is 1. The second-order valence-electron chi connectivity index (χ2n) is 11.3. The fraction of sp³-hybridized carbons (Fsp3) is 0.419. The van der Waals surface area contributed by atoms with Gasteiger partial charge in [-0.15, -0.1) is 0 Å². The first-order chi connectivity index (χ1) is 19.7. The van der Waals surface area contributed by atoms with E-state index in [9.17, 15) is 24.4 Å². The lowest BCUT2D eigenvalue weighted by atomic mass is 9.92. The summed E-state index contributed by atoms with van der Waals surface area (Å²) >= 11 is 0. The predicted octanol–water partition coefficient (Wildman–Crippen LogP) is 3.74. The SMILES string of the molecule is CCCC(C(=O)NC=O)N1C(=O)c2cccc3c(Cc4cnn(C5CCN(C(=O)C(C)(C)C#N)CC5)c4)ccc1c23. The Bertz CT molecular complexity index is 1560. The van der Waals surface area contributed by atoms with Crippen LogP contribution in [-0.2, 0) is 20.8 Å². The third kappa shape index (κ3) is 5.08. The zero-order valence-corrected chi connectivity index (χ0v) is 23.6. The molecule has 0 saturated carbocycles. The van der Waals surface area contributed by atoms with Crippen LogP contribution in [0.4, 0.5) is 5.69 Å². The molecule has 0 aliphatic carbocycles. The van der Waals surface area contributed by atoms with E-state index in [1.54, 1.807) is 24.8 Å². The molecule has 0 bridgehead atoms. The summed E-state index contributed by atoms with van der Waals surface area (Å²) < 4.78 is 1.97. The monoisotopic (exact) mass is 554 g/mol. The molecule has 1 atom stereocenters. The van der Waals surface area contributed by atoms with Gasteiger partial charge in [0, 0.05) is 36.7 Å². The van der Waals surface area contributed by atoms with Gasteiger partial charge in [-0.2, -0.15) is 10.4 Å². The summed E-state index contributed by atoms with van der Waals surface area (Å²) in [6.45, 7) is 6.43. The van der Waals surface area contributed by atoms with Gasteiger partial charge in [-0.3, -0.25) is 34.1 Å². The maximum atomic E-state index is 13.5. The topological polar surface area (TPSA) is 128 Å². The van der Waals surface area contributed by atoms with Gasteiger partial charge in [0.2, 0.25) is 18.2 Å². The number of carbonyl (C=O) groups is 4. The number of aromatic nitrogens is 2. The van der Waals surface area contributed by atoms with Crippen LogP contribution in [0.25, 0.3) is 10.8 Å². The van der Waals surface area contributed by atoms with Crippen molar-refractivity contribution < 1.29 is 19.2 Å². The van der Waals surface area contributed by atoms with E-state index in [-0.39, 0.29) is 17.9 Å². The van der Waals surface area contributed by atoms with Gasteiger partial charge in [-0.05, 0) is 61.8 Å². The Hall–Kier alpha value is -4.52. The van der Waals surface area contributed by atoms with E-state index in [0.717, 1.165) is 34.7 Å². The molecule has 0 spiro atoms. The number of amides is 4. The summed E-state index contributed by atoms with van der Waals surface area (Å²) in [6.07, 6.45) is 7.53. The molecule has 1 N–H and O–H groups in total. The van der Waals surface area contributed by atoms with Gasteiger partial charge in [0.1, 0.15) is 11.5 Å². The van der Waals surface area contributed by atoms with Gasteiger partial charge >= 0.3 is 0 Å². The minimum atomic E-state index is -1.02. The molecule has 2 aliphatic heterocycles. The van der Waals surface area contributed by atoms with E-state index in [1.807, 2.05) is 48.3 Å². The van der Waals surface area contributed by atoms with Crippen LogP contribution in [0.5, 0.6) is 0 Å². The third-order valence-electron chi connectivity index (χ3n) is 8.18. The number of carbonyl (C=O) groups excluding carboxylic acids is 4. The van der Waals surface area contributed by atoms with Gasteiger partial charge < -0.3 is 4.90 Å². The minimum absolute atomic E-state index is 0.130. The fourth-order valence-electron chi connectivity index (χ4n) is 6.00. The molecule has 3 heterocycles. The third-order valence-corrected chi connectivity index (χ3v) is 8.18. The number of rotatable bonds is 9. The lowest BCUT2D eigenvalue weighted by Gasteiger charge is -2.34. The van der Waals surface area contributed by atoms with Crippen molar-refractivity contribution in [3.63, 3.8) is 0 Å². The summed E-state index contributed by atoms with van der Waals surface area (Å²) in [4.78, 5) is 53.1. The molecule has 1 saturated heterocycles. The van der Waals surface area contributed by atoms with Crippen LogP contribution < -0.4 is 10.2 Å². The molecule has 1 fully saturated rings. The van der Waals surface area contributed by atoms with Gasteiger partial charge in [0.15, 0.2) is 0 Å². The number of nitrogens with one attached hydrogen (secondary N) is 1. The molecular weight excluding hydrogens is 520 g/mol. The second-order valence-corrected chi connectivity index (χ2v) is 11.3. The number of nitriles is 1. The summed E-state index contributed by atoms with van der Waals surface area (Å²) in [5.41, 5.74) is 2.29. The van der Waals surface area contributed by atoms with Crippen LogP contribution in [0.2, 0.25) is 0 Å². The first kappa shape index (κ1) is 28.0. The predicted molar refractivity (Wildman–Crippen MR) is 153 cm³/mol. The van der Waals surface area contributed by atoms with E-state index < -0.39 is 17.4 Å². The highest BCUT2D eigenvalue weighted by atomic mass is 16.2. The van der Waals surface area contributed by atoms with Crippen LogP contribution in [0.1, 0.15) is 74.0 Å². The first-order valence-corrected chi connectivity index (χ1v) is 14.1. The number of nitrogens with zero attached hydrogens (tertiary/aromatic N) is 5. The molecule has 10 heteroatoms. The van der Waals surface area contributed by atoms with Crippen LogP contribution in [-0.4, -0.2) is 57.9 Å². The lowest BCUT2D eigenvalue weighted by molar-refractivity contribution is -0.139.